The van der Waals surface area contributed by atoms with Crippen LogP contribution < -0.4 is 0 Å². The fraction of sp³-hybridized carbons (Fsp3) is 0.611. The Labute approximate surface area is 145 Å². The molecule has 0 N–H and O–H groups in total. The summed E-state index contributed by atoms with van der Waals surface area (Å²) in [5.74, 6) is 3.78. The van der Waals surface area contributed by atoms with Crippen LogP contribution >= 0.6 is 0 Å². The molecule has 0 aromatic carbocycles. The lowest BCUT2D eigenvalue weighted by Crippen LogP contribution is -2.42. The Balaban J connectivity index is 1.38. The number of aromatic nitrogens is 2. The van der Waals surface area contributed by atoms with Gasteiger partial charge in [0.05, 0.1) is 18.7 Å². The Kier molecular flexibility index (Phi) is 3.45. The summed E-state index contributed by atoms with van der Waals surface area (Å²) in [6.07, 6.45) is 4.21. The second kappa shape index (κ2) is 5.69. The third-order valence-electron chi connectivity index (χ3n) is 5.11. The van der Waals surface area contributed by atoms with Crippen molar-refractivity contribution in [1.29, 1.82) is 0 Å². The molecule has 0 bridgehead atoms. The van der Waals surface area contributed by atoms with Gasteiger partial charge in [-0.25, -0.2) is 0 Å². The zero-order valence-corrected chi connectivity index (χ0v) is 14.2. The number of amides is 1. The van der Waals surface area contributed by atoms with Crippen molar-refractivity contribution < 1.29 is 18.4 Å². The van der Waals surface area contributed by atoms with E-state index in [4.69, 9.17) is 13.6 Å². The Morgan fingerprint density at radius 1 is 1.16 bits per heavy atom. The van der Waals surface area contributed by atoms with Crippen LogP contribution in [0.4, 0.5) is 0 Å². The maximum Gasteiger partial charge on any atom is 0.257 e. The monoisotopic (exact) mass is 343 g/mol. The first-order valence-electron chi connectivity index (χ1n) is 9.03. The van der Waals surface area contributed by atoms with Gasteiger partial charge in [0.2, 0.25) is 11.8 Å². The Hall–Kier alpha value is -2.15. The van der Waals surface area contributed by atoms with E-state index in [1.165, 1.54) is 12.8 Å². The van der Waals surface area contributed by atoms with Gasteiger partial charge < -0.3 is 18.5 Å². The fourth-order valence-corrected chi connectivity index (χ4v) is 3.41. The van der Waals surface area contributed by atoms with Crippen molar-refractivity contribution in [2.45, 2.75) is 50.5 Å². The molecular weight excluding hydrogens is 322 g/mol. The lowest BCUT2D eigenvalue weighted by atomic mass is 10.1. The molecule has 1 atom stereocenters. The molecular formula is C18H21N3O4. The number of nitrogens with zero attached hydrogens (tertiary/aromatic N) is 3. The van der Waals surface area contributed by atoms with E-state index >= 15 is 0 Å². The normalized spacial score (nSPS) is 23.9. The maximum absolute atomic E-state index is 13.1. The number of morpholine rings is 1. The van der Waals surface area contributed by atoms with Gasteiger partial charge in [-0.2, -0.15) is 0 Å². The van der Waals surface area contributed by atoms with Crippen molar-refractivity contribution in [2.24, 2.45) is 0 Å². The third kappa shape index (κ3) is 2.86. The minimum Gasteiger partial charge on any atom is -0.465 e. The van der Waals surface area contributed by atoms with Crippen LogP contribution in [0.3, 0.4) is 0 Å². The quantitative estimate of drug-likeness (QED) is 0.849. The third-order valence-corrected chi connectivity index (χ3v) is 5.11. The molecule has 2 aromatic rings. The molecule has 0 spiro atoms. The standard InChI is InChI=1S/C18H21N3O4/c1-10-19-20-17(24-10)15-9-21(6-7-23-15)18(22)13-8-14(11-2-3-11)25-16(13)12-4-5-12/h8,11-12,15H,2-7,9H2,1H3. The summed E-state index contributed by atoms with van der Waals surface area (Å²) in [7, 11) is 0. The van der Waals surface area contributed by atoms with Crippen molar-refractivity contribution in [2.75, 3.05) is 19.7 Å². The number of ether oxygens (including phenoxy) is 1. The van der Waals surface area contributed by atoms with E-state index in [1.807, 2.05) is 11.0 Å². The molecule has 2 aromatic heterocycles. The zero-order valence-electron chi connectivity index (χ0n) is 14.2. The van der Waals surface area contributed by atoms with E-state index in [-0.39, 0.29) is 12.0 Å². The number of rotatable bonds is 4. The first kappa shape index (κ1) is 15.1. The Morgan fingerprint density at radius 2 is 1.96 bits per heavy atom. The largest absolute Gasteiger partial charge is 0.465 e. The highest BCUT2D eigenvalue weighted by Gasteiger charge is 2.38. The van der Waals surface area contributed by atoms with Gasteiger partial charge in [-0.05, 0) is 31.7 Å². The second-order valence-corrected chi connectivity index (χ2v) is 7.25. The van der Waals surface area contributed by atoms with Crippen molar-refractivity contribution in [3.05, 3.63) is 34.9 Å². The van der Waals surface area contributed by atoms with Gasteiger partial charge >= 0.3 is 0 Å². The molecule has 1 amide bonds. The number of hydrogen-bond acceptors (Lipinski definition) is 6. The Bertz CT molecular complexity index is 803. The molecule has 1 aliphatic heterocycles. The first-order valence-corrected chi connectivity index (χ1v) is 9.03. The highest BCUT2D eigenvalue weighted by molar-refractivity contribution is 5.95. The van der Waals surface area contributed by atoms with E-state index < -0.39 is 0 Å². The van der Waals surface area contributed by atoms with E-state index in [9.17, 15) is 4.79 Å². The molecule has 132 valence electrons. The van der Waals surface area contributed by atoms with Crippen LogP contribution in [0.1, 0.15) is 77.3 Å². The molecule has 25 heavy (non-hydrogen) atoms. The summed E-state index contributed by atoms with van der Waals surface area (Å²) in [4.78, 5) is 15.0. The second-order valence-electron chi connectivity index (χ2n) is 7.25. The van der Waals surface area contributed by atoms with Gasteiger partial charge in [0.25, 0.3) is 5.91 Å². The highest BCUT2D eigenvalue weighted by atomic mass is 16.5. The molecule has 0 radical (unpaired) electrons. The summed E-state index contributed by atoms with van der Waals surface area (Å²) in [5.41, 5.74) is 0.742. The van der Waals surface area contributed by atoms with E-state index in [0.29, 0.717) is 43.3 Å². The maximum atomic E-state index is 13.1. The predicted octanol–water partition coefficient (Wildman–Crippen LogP) is 2.94. The molecule has 2 aliphatic carbocycles. The van der Waals surface area contributed by atoms with Crippen LogP contribution in [-0.2, 0) is 4.74 Å². The topological polar surface area (TPSA) is 81.6 Å². The summed E-state index contributed by atoms with van der Waals surface area (Å²) in [6, 6.07) is 1.98. The predicted molar refractivity (Wildman–Crippen MR) is 86.3 cm³/mol. The van der Waals surface area contributed by atoms with Crippen LogP contribution in [-0.4, -0.2) is 40.7 Å². The lowest BCUT2D eigenvalue weighted by molar-refractivity contribution is -0.0349. The first-order chi connectivity index (χ1) is 12.2. The summed E-state index contributed by atoms with van der Waals surface area (Å²) in [6.45, 7) is 3.20. The number of carbonyl (C=O) groups is 1. The SMILES string of the molecule is Cc1nnc(C2CN(C(=O)c3cc(C4CC4)oc3C3CC3)CCO2)o1. The van der Waals surface area contributed by atoms with Crippen LogP contribution in [0.5, 0.6) is 0 Å². The fourth-order valence-electron chi connectivity index (χ4n) is 3.41. The molecule has 3 aliphatic rings. The zero-order chi connectivity index (χ0) is 17.0. The number of carbonyl (C=O) groups excluding carboxylic acids is 1. The van der Waals surface area contributed by atoms with Crippen molar-refractivity contribution in [1.82, 2.24) is 15.1 Å². The average molecular weight is 343 g/mol. The molecule has 3 fully saturated rings. The molecule has 1 saturated heterocycles. The summed E-state index contributed by atoms with van der Waals surface area (Å²) in [5, 5.41) is 7.88. The minimum absolute atomic E-state index is 0.0297. The van der Waals surface area contributed by atoms with E-state index in [1.54, 1.807) is 6.92 Å². The summed E-state index contributed by atoms with van der Waals surface area (Å²) >= 11 is 0. The van der Waals surface area contributed by atoms with Gasteiger partial charge in [0.1, 0.15) is 11.5 Å². The smallest absolute Gasteiger partial charge is 0.257 e. The Morgan fingerprint density at radius 3 is 2.64 bits per heavy atom. The number of hydrogen-bond donors (Lipinski definition) is 0. The van der Waals surface area contributed by atoms with Gasteiger partial charge in [-0.1, -0.05) is 0 Å². The van der Waals surface area contributed by atoms with Crippen molar-refractivity contribution in [3.8, 4) is 0 Å². The lowest BCUT2D eigenvalue weighted by Gasteiger charge is -2.31. The van der Waals surface area contributed by atoms with E-state index in [2.05, 4.69) is 10.2 Å². The molecule has 7 nitrogen and oxygen atoms in total. The van der Waals surface area contributed by atoms with Crippen LogP contribution in [0.25, 0.3) is 0 Å². The highest BCUT2D eigenvalue weighted by Crippen LogP contribution is 2.47. The van der Waals surface area contributed by atoms with Crippen LogP contribution in [0.2, 0.25) is 0 Å². The molecule has 5 rings (SSSR count). The minimum atomic E-state index is -0.363. The van der Waals surface area contributed by atoms with Crippen LogP contribution in [0, 0.1) is 6.92 Å². The number of aryl methyl sites for hydroxylation is 1. The summed E-state index contributed by atoms with van der Waals surface area (Å²) < 4.78 is 17.3. The van der Waals surface area contributed by atoms with Crippen molar-refractivity contribution >= 4 is 5.91 Å². The van der Waals surface area contributed by atoms with Gasteiger partial charge in [0.15, 0.2) is 6.10 Å². The molecule has 3 heterocycles. The van der Waals surface area contributed by atoms with Gasteiger partial charge in [0, 0.05) is 25.3 Å². The average Bonchev–Trinajstić information content (AvgIpc) is 3.57. The van der Waals surface area contributed by atoms with E-state index in [0.717, 1.165) is 29.9 Å². The molecule has 7 heteroatoms. The molecule has 1 unspecified atom stereocenters. The van der Waals surface area contributed by atoms with Gasteiger partial charge in [-0.15, -0.1) is 10.2 Å². The van der Waals surface area contributed by atoms with Gasteiger partial charge in [-0.3, -0.25) is 4.79 Å². The molecule has 2 saturated carbocycles. The van der Waals surface area contributed by atoms with Crippen LogP contribution in [0.15, 0.2) is 14.9 Å². The van der Waals surface area contributed by atoms with Crippen molar-refractivity contribution in [3.63, 3.8) is 0 Å². The number of furan rings is 1.